The average Bonchev–Trinajstić information content (AvgIpc) is 2.29. The van der Waals surface area contributed by atoms with Crippen molar-refractivity contribution in [1.29, 1.82) is 0 Å². The predicted octanol–water partition coefficient (Wildman–Crippen LogP) is 3.27. The first-order chi connectivity index (χ1) is 7.67. The van der Waals surface area contributed by atoms with Crippen LogP contribution in [-0.2, 0) is 16.0 Å². The summed E-state index contributed by atoms with van der Waals surface area (Å²) in [7, 11) is 1.58. The summed E-state index contributed by atoms with van der Waals surface area (Å²) in [4.78, 5) is 11.9. The topological polar surface area (TPSA) is 26.3 Å². The zero-order chi connectivity index (χ0) is 12.0. The zero-order valence-corrected chi connectivity index (χ0v) is 10.5. The van der Waals surface area contributed by atoms with Gasteiger partial charge in [-0.25, -0.2) is 0 Å². The molecule has 0 N–H and O–H groups in total. The molecule has 0 spiro atoms. The Hall–Kier alpha value is -0.860. The molecule has 0 aliphatic carbocycles. The van der Waals surface area contributed by atoms with Crippen molar-refractivity contribution in [3.8, 4) is 0 Å². The van der Waals surface area contributed by atoms with Gasteiger partial charge in [-0.2, -0.15) is 0 Å². The number of ether oxygens (including phenoxy) is 1. The fourth-order valence-corrected chi connectivity index (χ4v) is 1.72. The van der Waals surface area contributed by atoms with E-state index < -0.39 is 0 Å². The molecule has 0 saturated carbocycles. The fraction of sp³-hybridized carbons (Fsp3) is 0.462. The van der Waals surface area contributed by atoms with Gasteiger partial charge in [-0.1, -0.05) is 37.1 Å². The number of halogens is 1. The molecule has 0 amide bonds. The standard InChI is InChI=1S/C13H17ClO2/c1-3-4-13(16-2)12(15)9-10-5-7-11(14)8-6-10/h5-8,13H,3-4,9H2,1-2H3. The largest absolute Gasteiger partial charge is 0.374 e. The van der Waals surface area contributed by atoms with Crippen molar-refractivity contribution >= 4 is 17.4 Å². The molecule has 0 aliphatic rings. The van der Waals surface area contributed by atoms with E-state index in [1.165, 1.54) is 0 Å². The Balaban J connectivity index is 2.59. The first-order valence-electron chi connectivity index (χ1n) is 5.47. The van der Waals surface area contributed by atoms with E-state index in [-0.39, 0.29) is 11.9 Å². The second-order valence-corrected chi connectivity index (χ2v) is 4.22. The van der Waals surface area contributed by atoms with Crippen LogP contribution in [-0.4, -0.2) is 19.0 Å². The van der Waals surface area contributed by atoms with Gasteiger partial charge in [0, 0.05) is 18.6 Å². The van der Waals surface area contributed by atoms with Crippen molar-refractivity contribution in [3.05, 3.63) is 34.9 Å². The number of carbonyl (C=O) groups is 1. The van der Waals surface area contributed by atoms with Crippen molar-refractivity contribution in [2.75, 3.05) is 7.11 Å². The van der Waals surface area contributed by atoms with Gasteiger partial charge < -0.3 is 4.74 Å². The number of carbonyl (C=O) groups excluding carboxylic acids is 1. The van der Waals surface area contributed by atoms with Crippen LogP contribution in [0.4, 0.5) is 0 Å². The molecule has 0 fully saturated rings. The number of benzene rings is 1. The lowest BCUT2D eigenvalue weighted by atomic mass is 10.0. The molecule has 2 nitrogen and oxygen atoms in total. The molecule has 0 aromatic heterocycles. The monoisotopic (exact) mass is 240 g/mol. The van der Waals surface area contributed by atoms with Crippen LogP contribution in [0.1, 0.15) is 25.3 Å². The summed E-state index contributed by atoms with van der Waals surface area (Å²) in [6.45, 7) is 2.04. The van der Waals surface area contributed by atoms with E-state index >= 15 is 0 Å². The molecule has 1 atom stereocenters. The molecule has 1 rings (SSSR count). The van der Waals surface area contributed by atoms with Gasteiger partial charge in [-0.05, 0) is 24.1 Å². The van der Waals surface area contributed by atoms with Crippen molar-refractivity contribution in [3.63, 3.8) is 0 Å². The average molecular weight is 241 g/mol. The number of rotatable bonds is 6. The molecule has 0 heterocycles. The van der Waals surface area contributed by atoms with Crippen molar-refractivity contribution in [1.82, 2.24) is 0 Å². The van der Waals surface area contributed by atoms with Crippen LogP contribution in [0.5, 0.6) is 0 Å². The van der Waals surface area contributed by atoms with Crippen LogP contribution in [0.2, 0.25) is 5.02 Å². The lowest BCUT2D eigenvalue weighted by molar-refractivity contribution is -0.128. The summed E-state index contributed by atoms with van der Waals surface area (Å²) in [5, 5.41) is 0.688. The molecule has 1 unspecified atom stereocenters. The third-order valence-corrected chi connectivity index (χ3v) is 2.74. The number of ketones is 1. The minimum Gasteiger partial charge on any atom is -0.374 e. The van der Waals surface area contributed by atoms with Crippen LogP contribution in [0.25, 0.3) is 0 Å². The van der Waals surface area contributed by atoms with Crippen LogP contribution in [0, 0.1) is 0 Å². The van der Waals surface area contributed by atoms with Crippen molar-refractivity contribution < 1.29 is 9.53 Å². The number of methoxy groups -OCH3 is 1. The van der Waals surface area contributed by atoms with Crippen LogP contribution < -0.4 is 0 Å². The maximum Gasteiger partial charge on any atom is 0.165 e. The van der Waals surface area contributed by atoms with E-state index in [9.17, 15) is 4.79 Å². The highest BCUT2D eigenvalue weighted by Gasteiger charge is 2.16. The molecule has 1 aromatic carbocycles. The molecular formula is C13H17ClO2. The molecule has 88 valence electrons. The molecule has 0 aliphatic heterocycles. The van der Waals surface area contributed by atoms with Gasteiger partial charge in [-0.3, -0.25) is 4.79 Å². The van der Waals surface area contributed by atoms with E-state index in [0.29, 0.717) is 11.4 Å². The maximum absolute atomic E-state index is 11.9. The fourth-order valence-electron chi connectivity index (χ4n) is 1.59. The number of Topliss-reactive ketones (excluding diaryl/α,β-unsaturated/α-hetero) is 1. The smallest absolute Gasteiger partial charge is 0.165 e. The zero-order valence-electron chi connectivity index (χ0n) is 9.70. The first-order valence-corrected chi connectivity index (χ1v) is 5.85. The van der Waals surface area contributed by atoms with Gasteiger partial charge in [0.2, 0.25) is 0 Å². The number of hydrogen-bond donors (Lipinski definition) is 0. The quantitative estimate of drug-likeness (QED) is 0.763. The van der Waals surface area contributed by atoms with E-state index in [1.54, 1.807) is 19.2 Å². The minimum absolute atomic E-state index is 0.131. The Morgan fingerprint density at radius 3 is 2.50 bits per heavy atom. The normalized spacial score (nSPS) is 12.4. The highest BCUT2D eigenvalue weighted by Crippen LogP contribution is 2.12. The molecule has 0 radical (unpaired) electrons. The Kier molecular flexibility index (Phi) is 5.50. The second kappa shape index (κ2) is 6.66. The van der Waals surface area contributed by atoms with Crippen LogP contribution in [0.15, 0.2) is 24.3 Å². The highest BCUT2D eigenvalue weighted by molar-refractivity contribution is 6.30. The SMILES string of the molecule is CCCC(OC)C(=O)Cc1ccc(Cl)cc1. The highest BCUT2D eigenvalue weighted by atomic mass is 35.5. The van der Waals surface area contributed by atoms with E-state index in [0.717, 1.165) is 18.4 Å². The molecule has 1 aromatic rings. The summed E-state index contributed by atoms with van der Waals surface area (Å²) >= 11 is 5.78. The van der Waals surface area contributed by atoms with Gasteiger partial charge in [0.15, 0.2) is 5.78 Å². The Labute approximate surface area is 102 Å². The lowest BCUT2D eigenvalue weighted by Crippen LogP contribution is -2.24. The predicted molar refractivity (Wildman–Crippen MR) is 65.9 cm³/mol. The molecule has 3 heteroatoms. The third-order valence-electron chi connectivity index (χ3n) is 2.49. The van der Waals surface area contributed by atoms with Crippen LogP contribution in [0.3, 0.4) is 0 Å². The van der Waals surface area contributed by atoms with Crippen molar-refractivity contribution in [2.45, 2.75) is 32.3 Å². The van der Waals surface area contributed by atoms with E-state index in [1.807, 2.05) is 19.1 Å². The lowest BCUT2D eigenvalue weighted by Gasteiger charge is -2.12. The van der Waals surface area contributed by atoms with Crippen LogP contribution >= 0.6 is 11.6 Å². The molecular weight excluding hydrogens is 224 g/mol. The van der Waals surface area contributed by atoms with Gasteiger partial charge in [0.1, 0.15) is 6.10 Å². The van der Waals surface area contributed by atoms with E-state index in [4.69, 9.17) is 16.3 Å². The second-order valence-electron chi connectivity index (χ2n) is 3.78. The summed E-state index contributed by atoms with van der Waals surface area (Å²) in [6.07, 6.45) is 1.87. The van der Waals surface area contributed by atoms with Crippen molar-refractivity contribution in [2.24, 2.45) is 0 Å². The molecule has 0 bridgehead atoms. The summed E-state index contributed by atoms with van der Waals surface area (Å²) in [6, 6.07) is 7.34. The minimum atomic E-state index is -0.277. The first kappa shape index (κ1) is 13.2. The molecule has 0 saturated heterocycles. The van der Waals surface area contributed by atoms with Gasteiger partial charge >= 0.3 is 0 Å². The summed E-state index contributed by atoms with van der Waals surface area (Å²) < 4.78 is 5.17. The van der Waals surface area contributed by atoms with E-state index in [2.05, 4.69) is 0 Å². The maximum atomic E-state index is 11.9. The Bertz CT molecular complexity index is 332. The van der Waals surface area contributed by atoms with Gasteiger partial charge in [0.25, 0.3) is 0 Å². The Morgan fingerprint density at radius 1 is 1.38 bits per heavy atom. The van der Waals surface area contributed by atoms with Gasteiger partial charge in [-0.15, -0.1) is 0 Å². The Morgan fingerprint density at radius 2 is 2.00 bits per heavy atom. The summed E-state index contributed by atoms with van der Waals surface area (Å²) in [5.41, 5.74) is 0.979. The molecule has 16 heavy (non-hydrogen) atoms. The van der Waals surface area contributed by atoms with Gasteiger partial charge in [0.05, 0.1) is 0 Å². The third kappa shape index (κ3) is 3.95. The number of hydrogen-bond acceptors (Lipinski definition) is 2. The summed E-state index contributed by atoms with van der Waals surface area (Å²) in [5.74, 6) is 0.131.